The number of aromatic nitrogens is 3. The lowest BCUT2D eigenvalue weighted by Gasteiger charge is -2.34. The van der Waals surface area contributed by atoms with Gasteiger partial charge in [0.1, 0.15) is 11.7 Å². The van der Waals surface area contributed by atoms with Crippen LogP contribution in [-0.4, -0.2) is 32.8 Å². The van der Waals surface area contributed by atoms with E-state index in [1.165, 1.54) is 17.4 Å². The van der Waals surface area contributed by atoms with Crippen molar-refractivity contribution < 1.29 is 22.8 Å². The smallest absolute Gasteiger partial charge is 0.360 e. The van der Waals surface area contributed by atoms with E-state index in [4.69, 9.17) is 6.57 Å². The number of carbonyl (C=O) groups is 2. The van der Waals surface area contributed by atoms with E-state index >= 15 is 0 Å². The van der Waals surface area contributed by atoms with Gasteiger partial charge in [0, 0.05) is 17.3 Å². The number of nitrogens with zero attached hydrogens (tertiary/aromatic N) is 4. The third-order valence-corrected chi connectivity index (χ3v) is 7.01. The standard InChI is InChI=1S/C29H31F3N6O2/c1-28(2,3)18-10-12-20(13-11-18)38(27(40)22-16-34-17-35-22)24(26(39)36-19-8-6-5-7-9-19)21-14-15-23(29(30,31)32)37-25(21)33-4/h10-17,19,24H,5-9H2,1-3H3,(H,34,35)(H,36,39). The maximum Gasteiger partial charge on any atom is 0.456 e. The molecule has 40 heavy (non-hydrogen) atoms. The first-order valence-electron chi connectivity index (χ1n) is 13.1. The molecular weight excluding hydrogens is 521 g/mol. The summed E-state index contributed by atoms with van der Waals surface area (Å²) in [4.78, 5) is 42.6. The number of amides is 2. The summed E-state index contributed by atoms with van der Waals surface area (Å²) >= 11 is 0. The van der Waals surface area contributed by atoms with E-state index in [9.17, 15) is 22.8 Å². The van der Waals surface area contributed by atoms with Crippen LogP contribution in [-0.2, 0) is 16.4 Å². The van der Waals surface area contributed by atoms with Gasteiger partial charge in [-0.25, -0.2) is 4.98 Å². The summed E-state index contributed by atoms with van der Waals surface area (Å²) in [6.07, 6.45) is 2.22. The zero-order valence-corrected chi connectivity index (χ0v) is 22.5. The quantitative estimate of drug-likeness (QED) is 0.341. The summed E-state index contributed by atoms with van der Waals surface area (Å²) in [6.45, 7) is 13.7. The minimum atomic E-state index is -4.79. The topological polar surface area (TPSA) is 95.3 Å². The lowest BCUT2D eigenvalue weighted by Crippen LogP contribution is -2.47. The minimum Gasteiger partial charge on any atom is -0.360 e. The molecule has 4 rings (SSSR count). The Morgan fingerprint density at radius 1 is 1.07 bits per heavy atom. The first-order chi connectivity index (χ1) is 18.9. The number of hydrogen-bond donors (Lipinski definition) is 2. The number of anilines is 1. The fourth-order valence-corrected chi connectivity index (χ4v) is 4.85. The number of rotatable bonds is 6. The number of halogens is 3. The molecule has 0 aliphatic heterocycles. The molecule has 1 unspecified atom stereocenters. The molecule has 1 aromatic carbocycles. The third-order valence-electron chi connectivity index (χ3n) is 7.01. The molecule has 210 valence electrons. The number of aromatic amines is 1. The number of carbonyl (C=O) groups excluding carboxylic acids is 2. The van der Waals surface area contributed by atoms with Gasteiger partial charge in [-0.1, -0.05) is 64.8 Å². The van der Waals surface area contributed by atoms with Crippen molar-refractivity contribution in [3.63, 3.8) is 0 Å². The fourth-order valence-electron chi connectivity index (χ4n) is 4.85. The van der Waals surface area contributed by atoms with Gasteiger partial charge >= 0.3 is 6.18 Å². The first kappa shape index (κ1) is 28.8. The number of pyridine rings is 1. The molecule has 1 atom stereocenters. The molecule has 2 N–H and O–H groups in total. The van der Waals surface area contributed by atoms with Gasteiger partial charge in [-0.15, -0.1) is 4.98 Å². The second kappa shape index (κ2) is 11.5. The molecule has 0 saturated heterocycles. The van der Waals surface area contributed by atoms with Crippen LogP contribution in [0.5, 0.6) is 0 Å². The fraction of sp³-hybridized carbons (Fsp3) is 0.414. The number of alkyl halides is 3. The highest BCUT2D eigenvalue weighted by atomic mass is 19.4. The second-order valence-corrected chi connectivity index (χ2v) is 10.9. The van der Waals surface area contributed by atoms with E-state index in [0.717, 1.165) is 49.8 Å². The predicted molar refractivity (Wildman–Crippen MR) is 144 cm³/mol. The summed E-state index contributed by atoms with van der Waals surface area (Å²) in [5.41, 5.74) is -0.180. The monoisotopic (exact) mass is 552 g/mol. The average molecular weight is 553 g/mol. The van der Waals surface area contributed by atoms with Crippen molar-refractivity contribution >= 4 is 23.3 Å². The first-order valence-corrected chi connectivity index (χ1v) is 13.1. The van der Waals surface area contributed by atoms with E-state index in [-0.39, 0.29) is 22.7 Å². The van der Waals surface area contributed by atoms with Gasteiger partial charge in [0.05, 0.1) is 12.5 Å². The molecular formula is C29H31F3N6O2. The van der Waals surface area contributed by atoms with Gasteiger partial charge in [0.25, 0.3) is 11.7 Å². The summed E-state index contributed by atoms with van der Waals surface area (Å²) < 4.78 is 40.4. The lowest BCUT2D eigenvalue weighted by atomic mass is 9.87. The zero-order valence-electron chi connectivity index (χ0n) is 22.5. The molecule has 0 spiro atoms. The lowest BCUT2D eigenvalue weighted by molar-refractivity contribution is -0.141. The van der Waals surface area contributed by atoms with Crippen molar-refractivity contribution in [3.8, 4) is 0 Å². The van der Waals surface area contributed by atoms with E-state index in [2.05, 4.69) is 25.1 Å². The number of nitrogens with one attached hydrogen (secondary N) is 2. The van der Waals surface area contributed by atoms with Gasteiger partial charge in [-0.05, 0) is 42.0 Å². The van der Waals surface area contributed by atoms with Gasteiger partial charge in [-0.2, -0.15) is 13.2 Å². The Kier molecular flexibility index (Phi) is 8.28. The average Bonchev–Trinajstić information content (AvgIpc) is 3.46. The van der Waals surface area contributed by atoms with Gasteiger partial charge in [-0.3, -0.25) is 14.5 Å². The number of benzene rings is 1. The molecule has 2 aromatic heterocycles. The highest BCUT2D eigenvalue weighted by molar-refractivity contribution is 6.09. The maximum atomic E-state index is 14.0. The molecule has 1 saturated carbocycles. The summed E-state index contributed by atoms with van der Waals surface area (Å²) in [5.74, 6) is -1.85. The van der Waals surface area contributed by atoms with Crippen LogP contribution in [0.3, 0.4) is 0 Å². The van der Waals surface area contributed by atoms with Gasteiger partial charge < -0.3 is 15.1 Å². The van der Waals surface area contributed by atoms with Crippen LogP contribution in [0.4, 0.5) is 24.7 Å². The Labute approximate surface area is 230 Å². The van der Waals surface area contributed by atoms with Crippen LogP contribution in [0.15, 0.2) is 48.9 Å². The van der Waals surface area contributed by atoms with E-state index in [1.54, 1.807) is 12.1 Å². The van der Waals surface area contributed by atoms with Crippen LogP contribution in [0.25, 0.3) is 4.85 Å². The molecule has 2 amide bonds. The van der Waals surface area contributed by atoms with Crippen molar-refractivity contribution in [3.05, 3.63) is 82.9 Å². The van der Waals surface area contributed by atoms with Crippen molar-refractivity contribution in [2.75, 3.05) is 4.90 Å². The number of imidazole rings is 1. The molecule has 1 aliphatic carbocycles. The Bertz CT molecular complexity index is 1380. The summed E-state index contributed by atoms with van der Waals surface area (Å²) in [7, 11) is 0. The van der Waals surface area contributed by atoms with E-state index < -0.39 is 35.5 Å². The van der Waals surface area contributed by atoms with Crippen molar-refractivity contribution in [2.24, 2.45) is 0 Å². The largest absolute Gasteiger partial charge is 0.456 e. The van der Waals surface area contributed by atoms with Crippen LogP contribution in [0, 0.1) is 6.57 Å². The molecule has 8 nitrogen and oxygen atoms in total. The van der Waals surface area contributed by atoms with E-state index in [1.807, 2.05) is 32.9 Å². The molecule has 1 aliphatic rings. The molecule has 0 radical (unpaired) electrons. The third kappa shape index (κ3) is 6.33. The number of H-pyrrole nitrogens is 1. The van der Waals surface area contributed by atoms with Crippen molar-refractivity contribution in [1.82, 2.24) is 20.3 Å². The van der Waals surface area contributed by atoms with Crippen molar-refractivity contribution in [1.29, 1.82) is 0 Å². The number of hydrogen-bond acceptors (Lipinski definition) is 4. The molecule has 0 bridgehead atoms. The SMILES string of the molecule is [C-]#[N+]c1nc(C(F)(F)F)ccc1C(C(=O)NC1CCCCC1)N(C(=O)c1cnc[nH]1)c1ccc(C(C)(C)C)cc1. The zero-order chi connectivity index (χ0) is 29.1. The predicted octanol–water partition coefficient (Wildman–Crippen LogP) is 6.51. The molecule has 1 fully saturated rings. The van der Waals surface area contributed by atoms with Crippen LogP contribution in [0.1, 0.15) is 86.2 Å². The minimum absolute atomic E-state index is 0.0691. The summed E-state index contributed by atoms with van der Waals surface area (Å²) in [6, 6.07) is 7.19. The summed E-state index contributed by atoms with van der Waals surface area (Å²) in [5, 5.41) is 2.99. The Morgan fingerprint density at radius 3 is 2.30 bits per heavy atom. The molecule has 2 heterocycles. The van der Waals surface area contributed by atoms with Gasteiger partial charge in [0.15, 0.2) is 0 Å². The Balaban J connectivity index is 1.89. The van der Waals surface area contributed by atoms with Crippen LogP contribution in [0.2, 0.25) is 0 Å². The van der Waals surface area contributed by atoms with E-state index in [0.29, 0.717) is 5.69 Å². The second-order valence-electron chi connectivity index (χ2n) is 10.9. The molecule has 3 aromatic rings. The highest BCUT2D eigenvalue weighted by Gasteiger charge is 2.40. The maximum absolute atomic E-state index is 14.0. The van der Waals surface area contributed by atoms with Crippen LogP contribution < -0.4 is 10.2 Å². The Hall–Kier alpha value is -4.20. The van der Waals surface area contributed by atoms with Crippen molar-refractivity contribution in [2.45, 2.75) is 76.6 Å². The Morgan fingerprint density at radius 2 is 1.75 bits per heavy atom. The van der Waals surface area contributed by atoms with Gasteiger partial charge in [0.2, 0.25) is 11.6 Å². The molecule has 11 heteroatoms. The normalized spacial score (nSPS) is 15.2. The van der Waals surface area contributed by atoms with Crippen LogP contribution >= 0.6 is 0 Å². The highest BCUT2D eigenvalue weighted by Crippen LogP contribution is 2.38.